The van der Waals surface area contributed by atoms with E-state index >= 15 is 0 Å². The van der Waals surface area contributed by atoms with Crippen LogP contribution in [0.2, 0.25) is 0 Å². The molecule has 0 N–H and O–H groups in total. The first-order valence-corrected chi connectivity index (χ1v) is 31.5. The molecular formula is C76H69BN2OS2. The second-order valence-electron chi connectivity index (χ2n) is 28.1. The molecule has 3 aromatic heterocycles. The third kappa shape index (κ3) is 7.25. The molecule has 0 saturated carbocycles. The van der Waals surface area contributed by atoms with E-state index in [0.717, 1.165) is 46.2 Å². The van der Waals surface area contributed by atoms with Gasteiger partial charge in [0.05, 0.1) is 17.1 Å². The third-order valence-electron chi connectivity index (χ3n) is 20.1. The molecule has 0 amide bonds. The van der Waals surface area contributed by atoms with Crippen LogP contribution in [-0.2, 0) is 27.1 Å². The fourth-order valence-electron chi connectivity index (χ4n) is 15.1. The zero-order valence-corrected chi connectivity index (χ0v) is 50.8. The fraction of sp³-hybridized carbons (Fsp3) is 0.263. The Hall–Kier alpha value is -7.38. The maximum atomic E-state index is 7.50. The van der Waals surface area contributed by atoms with E-state index in [1.54, 1.807) is 0 Å². The number of hydrogen-bond donors (Lipinski definition) is 0. The maximum Gasteiger partial charge on any atom is 0.343 e. The van der Waals surface area contributed by atoms with Gasteiger partial charge in [-0.1, -0.05) is 173 Å². The highest BCUT2D eigenvalue weighted by Crippen LogP contribution is 2.58. The van der Waals surface area contributed by atoms with Gasteiger partial charge in [0.1, 0.15) is 5.58 Å². The minimum atomic E-state index is -0.200. The Labute approximate surface area is 491 Å². The van der Waals surface area contributed by atoms with E-state index in [0.29, 0.717) is 0 Å². The molecule has 0 radical (unpaired) electrons. The van der Waals surface area contributed by atoms with Crippen molar-refractivity contribution in [3.8, 4) is 33.4 Å². The number of thiophene rings is 2. The molecule has 3 nitrogen and oxygen atoms in total. The average molecular weight is 1100 g/mol. The van der Waals surface area contributed by atoms with Crippen LogP contribution in [0, 0.1) is 0 Å². The molecule has 2 aliphatic carbocycles. The molecule has 404 valence electrons. The van der Waals surface area contributed by atoms with Gasteiger partial charge in [0, 0.05) is 68.3 Å². The lowest BCUT2D eigenvalue weighted by atomic mass is 9.46. The van der Waals surface area contributed by atoms with Gasteiger partial charge < -0.3 is 14.1 Å². The normalized spacial score (nSPS) is 17.3. The predicted octanol–water partition coefficient (Wildman–Crippen LogP) is 21.2. The minimum Gasteiger partial charge on any atom is -0.454 e. The summed E-state index contributed by atoms with van der Waals surface area (Å²) >= 11 is 3.99. The Kier molecular flexibility index (Phi) is 10.5. The van der Waals surface area contributed by atoms with Crippen molar-refractivity contribution in [2.75, 3.05) is 9.71 Å². The van der Waals surface area contributed by atoms with Crippen LogP contribution in [0.4, 0.5) is 28.4 Å². The summed E-state index contributed by atoms with van der Waals surface area (Å²) in [5.41, 5.74) is 23.9. The van der Waals surface area contributed by atoms with Crippen LogP contribution < -0.4 is 20.0 Å². The number of fused-ring (bicyclic) bond motifs is 15. The standard InChI is InChI=1S/C76H69BN2OS2/c1-72(2,3)47-28-31-61(50(36-47)46-22-16-13-17-23-46)78-68-56-40-58-60(76(10,11)35-33-74(58,6)7)42-65(56)82-71(68)77-67-54(38-55-49-24-18-19-25-63(49)80-70(55)69(67)78)51-37-52-53-39-57-59(75(8,9)34-32-73(57,4)5)41-64(53)81-66(52)43-62(51)79(77)48-29-26-45(27-30-48)44-20-14-12-15-21-44/h12-31,36-43H,32-35H2,1-11H3. The number of hydrogen-bond acceptors (Lipinski definition) is 5. The highest BCUT2D eigenvalue weighted by molar-refractivity contribution is 7.32. The second-order valence-corrected chi connectivity index (χ2v) is 30.3. The monoisotopic (exact) mass is 1100 g/mol. The Balaban J connectivity index is 1.08. The van der Waals surface area contributed by atoms with Crippen LogP contribution in [0.5, 0.6) is 0 Å². The van der Waals surface area contributed by atoms with Gasteiger partial charge in [-0.2, -0.15) is 0 Å². The van der Waals surface area contributed by atoms with Crippen LogP contribution in [0.1, 0.15) is 130 Å². The lowest BCUT2D eigenvalue weighted by molar-refractivity contribution is 0.332. The van der Waals surface area contributed by atoms with Gasteiger partial charge >= 0.3 is 6.85 Å². The fourth-order valence-corrected chi connectivity index (χ4v) is 17.5. The molecule has 5 heterocycles. The zero-order valence-electron chi connectivity index (χ0n) is 49.2. The van der Waals surface area contributed by atoms with Crippen molar-refractivity contribution in [2.45, 2.75) is 129 Å². The lowest BCUT2D eigenvalue weighted by Crippen LogP contribution is -2.60. The first-order valence-electron chi connectivity index (χ1n) is 29.8. The van der Waals surface area contributed by atoms with Crippen LogP contribution in [0.25, 0.3) is 85.6 Å². The lowest BCUT2D eigenvalue weighted by Gasteiger charge is -2.45. The summed E-state index contributed by atoms with van der Waals surface area (Å²) in [6.07, 6.45) is 4.67. The van der Waals surface area contributed by atoms with Gasteiger partial charge in [0.15, 0.2) is 5.58 Å². The predicted molar refractivity (Wildman–Crippen MR) is 356 cm³/mol. The Morgan fingerprint density at radius 2 is 0.976 bits per heavy atom. The zero-order chi connectivity index (χ0) is 56.1. The summed E-state index contributed by atoms with van der Waals surface area (Å²) in [4.78, 5) is 5.44. The maximum absolute atomic E-state index is 7.50. The van der Waals surface area contributed by atoms with Crippen LogP contribution in [0.3, 0.4) is 0 Å². The Morgan fingerprint density at radius 3 is 1.62 bits per heavy atom. The summed E-state index contributed by atoms with van der Waals surface area (Å²) < 4.78 is 12.9. The van der Waals surface area contributed by atoms with Crippen molar-refractivity contribution in [2.24, 2.45) is 0 Å². The van der Waals surface area contributed by atoms with E-state index in [4.69, 9.17) is 4.42 Å². The van der Waals surface area contributed by atoms with Crippen molar-refractivity contribution < 1.29 is 4.42 Å². The molecule has 12 aromatic rings. The number of furan rings is 1. The molecule has 0 fully saturated rings. The Morgan fingerprint density at radius 1 is 0.439 bits per heavy atom. The van der Waals surface area contributed by atoms with E-state index < -0.39 is 0 Å². The summed E-state index contributed by atoms with van der Waals surface area (Å²) in [5.74, 6) is 0. The molecule has 0 unspecified atom stereocenters. The van der Waals surface area contributed by atoms with Crippen molar-refractivity contribution in [1.82, 2.24) is 0 Å². The summed E-state index contributed by atoms with van der Waals surface area (Å²) in [6.45, 7) is 26.6. The molecule has 2 aliphatic heterocycles. The number of para-hydroxylation sites is 1. The second kappa shape index (κ2) is 17.1. The topological polar surface area (TPSA) is 19.6 Å². The van der Waals surface area contributed by atoms with Gasteiger partial charge in [-0.05, 0) is 181 Å². The van der Waals surface area contributed by atoms with Gasteiger partial charge in [0.25, 0.3) is 0 Å². The quantitative estimate of drug-likeness (QED) is 0.164. The molecule has 0 bridgehead atoms. The summed E-state index contributed by atoms with van der Waals surface area (Å²) in [7, 11) is 0. The first-order chi connectivity index (χ1) is 39.2. The van der Waals surface area contributed by atoms with Crippen molar-refractivity contribution in [3.05, 3.63) is 198 Å². The molecule has 4 aliphatic rings. The molecule has 82 heavy (non-hydrogen) atoms. The molecule has 0 spiro atoms. The minimum absolute atomic E-state index is 0.00467. The first kappa shape index (κ1) is 50.4. The van der Waals surface area contributed by atoms with Gasteiger partial charge in [-0.25, -0.2) is 0 Å². The number of nitrogens with zero attached hydrogens (tertiary/aromatic N) is 2. The Bertz CT molecular complexity index is 4680. The van der Waals surface area contributed by atoms with E-state index in [1.807, 2.05) is 22.7 Å². The van der Waals surface area contributed by atoms with E-state index in [1.165, 1.54) is 132 Å². The van der Waals surface area contributed by atoms with Crippen LogP contribution in [-0.4, -0.2) is 6.85 Å². The van der Waals surface area contributed by atoms with Gasteiger partial charge in [-0.3, -0.25) is 0 Å². The van der Waals surface area contributed by atoms with Crippen molar-refractivity contribution in [3.63, 3.8) is 0 Å². The number of benzene rings is 9. The molecule has 16 rings (SSSR count). The van der Waals surface area contributed by atoms with Crippen molar-refractivity contribution in [1.29, 1.82) is 0 Å². The van der Waals surface area contributed by atoms with Gasteiger partial charge in [0.2, 0.25) is 0 Å². The highest BCUT2D eigenvalue weighted by atomic mass is 32.1. The van der Waals surface area contributed by atoms with Crippen LogP contribution in [0.15, 0.2) is 174 Å². The van der Waals surface area contributed by atoms with E-state index in [9.17, 15) is 0 Å². The molecular weight excluding hydrogens is 1030 g/mol. The molecule has 0 saturated heterocycles. The van der Waals surface area contributed by atoms with Gasteiger partial charge in [-0.15, -0.1) is 22.7 Å². The molecule has 0 atom stereocenters. The summed E-state index contributed by atoms with van der Waals surface area (Å²) in [5, 5.41) is 6.29. The van der Waals surface area contributed by atoms with E-state index in [-0.39, 0.29) is 33.9 Å². The molecule has 6 heteroatoms. The smallest absolute Gasteiger partial charge is 0.343 e. The number of anilines is 5. The van der Waals surface area contributed by atoms with Crippen LogP contribution >= 0.6 is 22.7 Å². The highest BCUT2D eigenvalue weighted by Gasteiger charge is 2.50. The number of rotatable bonds is 4. The van der Waals surface area contributed by atoms with Crippen molar-refractivity contribution >= 4 is 120 Å². The summed E-state index contributed by atoms with van der Waals surface area (Å²) in [6, 6.07) is 65.7. The SMILES string of the molecule is CC(C)(C)c1ccc(N2c3c(sc4cc5c(cc34)C(C)(C)CCC5(C)C)B3c4c(cc5c(oc6ccccc65)c42)-c2cc4c(cc2N3c2ccc(-c3ccccc3)cc2)sc2cc3c(cc24)C(C)(C)CCC3(C)C)c(-c2ccccc2)c1. The third-order valence-corrected chi connectivity index (χ3v) is 22.4. The molecule has 9 aromatic carbocycles. The average Bonchev–Trinajstić information content (AvgIpc) is 1.57. The largest absolute Gasteiger partial charge is 0.454 e. The van der Waals surface area contributed by atoms with E-state index in [2.05, 4.69) is 256 Å².